The summed E-state index contributed by atoms with van der Waals surface area (Å²) in [7, 11) is -3.49. The highest BCUT2D eigenvalue weighted by atomic mass is 32.2. The third kappa shape index (κ3) is 4.28. The molecule has 5 heteroatoms. The monoisotopic (exact) mass is 313 g/mol. The number of rotatable bonds is 8. The quantitative estimate of drug-likeness (QED) is 0.803. The van der Waals surface area contributed by atoms with E-state index in [2.05, 4.69) is 13.8 Å². The minimum absolute atomic E-state index is 0.145. The van der Waals surface area contributed by atoms with Crippen molar-refractivity contribution in [1.29, 1.82) is 0 Å². The molecule has 4 nitrogen and oxygen atoms in total. The molecule has 21 heavy (non-hydrogen) atoms. The van der Waals surface area contributed by atoms with E-state index in [1.165, 1.54) is 4.31 Å². The summed E-state index contributed by atoms with van der Waals surface area (Å²) < 4.78 is 27.0. The Bertz CT molecular complexity index is 551. The molecule has 1 aromatic carbocycles. The minimum atomic E-state index is -3.49. The first-order valence-electron chi connectivity index (χ1n) is 7.61. The van der Waals surface area contributed by atoms with Gasteiger partial charge >= 0.3 is 0 Å². The molecule has 0 heterocycles. The molecule has 0 unspecified atom stereocenters. The van der Waals surface area contributed by atoms with Crippen molar-refractivity contribution in [2.45, 2.75) is 52.0 Å². The summed E-state index contributed by atoms with van der Waals surface area (Å²) in [4.78, 5) is 0.268. The molecule has 1 aromatic rings. The Kier molecular flexibility index (Phi) is 6.84. The van der Waals surface area contributed by atoms with Crippen LogP contribution in [0.15, 0.2) is 23.1 Å². The first kappa shape index (κ1) is 18.1. The zero-order chi connectivity index (χ0) is 16.0. The van der Waals surface area contributed by atoms with Crippen LogP contribution in [0.5, 0.6) is 0 Å². The van der Waals surface area contributed by atoms with Gasteiger partial charge in [0.1, 0.15) is 0 Å². The molecule has 0 amide bonds. The van der Waals surface area contributed by atoms with Crippen LogP contribution in [0, 0.1) is 12.8 Å². The number of aryl methyl sites for hydroxylation is 1. The van der Waals surface area contributed by atoms with Gasteiger partial charge in [-0.05, 0) is 36.1 Å². The van der Waals surface area contributed by atoms with Crippen LogP contribution in [0.2, 0.25) is 0 Å². The number of sulfonamides is 1. The second kappa shape index (κ2) is 7.92. The van der Waals surface area contributed by atoms with Crippen LogP contribution in [-0.4, -0.2) is 30.9 Å². The summed E-state index contributed by atoms with van der Waals surface area (Å²) >= 11 is 0. The third-order valence-electron chi connectivity index (χ3n) is 4.10. The SMILES string of the molecule is CCC(CC)CN(CC)S(=O)(=O)c1ccc(C)c(CO)c1. The van der Waals surface area contributed by atoms with Crippen LogP contribution in [0.3, 0.4) is 0 Å². The van der Waals surface area contributed by atoms with Crippen molar-refractivity contribution in [2.24, 2.45) is 5.92 Å². The predicted molar refractivity (Wildman–Crippen MR) is 85.6 cm³/mol. The molecule has 0 aliphatic heterocycles. The molecule has 120 valence electrons. The van der Waals surface area contributed by atoms with Crippen LogP contribution in [0.25, 0.3) is 0 Å². The lowest BCUT2D eigenvalue weighted by Crippen LogP contribution is -2.35. The van der Waals surface area contributed by atoms with Gasteiger partial charge in [0.05, 0.1) is 11.5 Å². The Morgan fingerprint density at radius 1 is 1.19 bits per heavy atom. The highest BCUT2D eigenvalue weighted by Crippen LogP contribution is 2.22. The summed E-state index contributed by atoms with van der Waals surface area (Å²) in [5.41, 5.74) is 1.56. The molecule has 0 aromatic heterocycles. The number of hydrogen-bond donors (Lipinski definition) is 1. The molecule has 1 rings (SSSR count). The van der Waals surface area contributed by atoms with Crippen molar-refractivity contribution in [3.8, 4) is 0 Å². The van der Waals surface area contributed by atoms with E-state index in [9.17, 15) is 13.5 Å². The van der Waals surface area contributed by atoms with Crippen molar-refractivity contribution in [2.75, 3.05) is 13.1 Å². The molecule has 0 fully saturated rings. The standard InChI is InChI=1S/C16H27NO3S/c1-5-14(6-2)11-17(7-3)21(19,20)16-9-8-13(4)15(10-16)12-18/h8-10,14,18H,5-7,11-12H2,1-4H3. The van der Waals surface area contributed by atoms with Gasteiger partial charge in [-0.15, -0.1) is 0 Å². The minimum Gasteiger partial charge on any atom is -0.392 e. The summed E-state index contributed by atoms with van der Waals surface area (Å²) in [6.45, 7) is 8.77. The highest BCUT2D eigenvalue weighted by molar-refractivity contribution is 7.89. The Labute approximate surface area is 128 Å². The first-order chi connectivity index (χ1) is 9.90. The zero-order valence-electron chi connectivity index (χ0n) is 13.5. The molecule has 0 spiro atoms. The van der Waals surface area contributed by atoms with Gasteiger partial charge in [0, 0.05) is 13.1 Å². The normalized spacial score (nSPS) is 12.3. The van der Waals surface area contributed by atoms with Gasteiger partial charge in [-0.3, -0.25) is 0 Å². The van der Waals surface area contributed by atoms with Gasteiger partial charge in [0.15, 0.2) is 0 Å². The van der Waals surface area contributed by atoms with E-state index in [0.29, 0.717) is 24.6 Å². The van der Waals surface area contributed by atoms with Gasteiger partial charge in [-0.25, -0.2) is 8.42 Å². The maximum atomic E-state index is 12.8. The van der Waals surface area contributed by atoms with Crippen LogP contribution in [0.1, 0.15) is 44.7 Å². The van der Waals surface area contributed by atoms with Crippen LogP contribution >= 0.6 is 0 Å². The van der Waals surface area contributed by atoms with Gasteiger partial charge < -0.3 is 5.11 Å². The van der Waals surface area contributed by atoms with E-state index in [1.807, 2.05) is 13.8 Å². The van der Waals surface area contributed by atoms with Gasteiger partial charge in [-0.1, -0.05) is 39.7 Å². The predicted octanol–water partition coefficient (Wildman–Crippen LogP) is 2.93. The molecule has 0 saturated carbocycles. The van der Waals surface area contributed by atoms with E-state index in [0.717, 1.165) is 18.4 Å². The lowest BCUT2D eigenvalue weighted by Gasteiger charge is -2.25. The first-order valence-corrected chi connectivity index (χ1v) is 9.05. The number of hydrogen-bond acceptors (Lipinski definition) is 3. The summed E-state index contributed by atoms with van der Waals surface area (Å²) in [5, 5.41) is 9.32. The summed E-state index contributed by atoms with van der Waals surface area (Å²) in [6.07, 6.45) is 1.94. The number of aliphatic hydroxyl groups is 1. The van der Waals surface area contributed by atoms with Crippen molar-refractivity contribution in [3.63, 3.8) is 0 Å². The Morgan fingerprint density at radius 2 is 1.81 bits per heavy atom. The van der Waals surface area contributed by atoms with Crippen molar-refractivity contribution < 1.29 is 13.5 Å². The van der Waals surface area contributed by atoms with Gasteiger partial charge in [0.25, 0.3) is 0 Å². The molecular weight excluding hydrogens is 286 g/mol. The second-order valence-electron chi connectivity index (χ2n) is 5.38. The fraction of sp³-hybridized carbons (Fsp3) is 0.625. The van der Waals surface area contributed by atoms with E-state index < -0.39 is 10.0 Å². The molecular formula is C16H27NO3S. The smallest absolute Gasteiger partial charge is 0.243 e. The van der Waals surface area contributed by atoms with Gasteiger partial charge in [0.2, 0.25) is 10.0 Å². The molecule has 0 saturated heterocycles. The number of benzene rings is 1. The van der Waals surface area contributed by atoms with Gasteiger partial charge in [-0.2, -0.15) is 4.31 Å². The van der Waals surface area contributed by atoms with Crippen molar-refractivity contribution in [3.05, 3.63) is 29.3 Å². The van der Waals surface area contributed by atoms with E-state index in [1.54, 1.807) is 18.2 Å². The Balaban J connectivity index is 3.12. The fourth-order valence-electron chi connectivity index (χ4n) is 2.36. The van der Waals surface area contributed by atoms with E-state index in [-0.39, 0.29) is 11.5 Å². The van der Waals surface area contributed by atoms with Crippen molar-refractivity contribution >= 4 is 10.0 Å². The lowest BCUT2D eigenvalue weighted by atomic mass is 10.0. The maximum Gasteiger partial charge on any atom is 0.243 e. The van der Waals surface area contributed by atoms with Crippen LogP contribution < -0.4 is 0 Å². The van der Waals surface area contributed by atoms with E-state index >= 15 is 0 Å². The fourth-order valence-corrected chi connectivity index (χ4v) is 3.94. The molecule has 1 N–H and O–H groups in total. The Hall–Kier alpha value is -0.910. The van der Waals surface area contributed by atoms with Crippen LogP contribution in [-0.2, 0) is 16.6 Å². The topological polar surface area (TPSA) is 57.6 Å². The zero-order valence-corrected chi connectivity index (χ0v) is 14.3. The van der Waals surface area contributed by atoms with Crippen molar-refractivity contribution in [1.82, 2.24) is 4.31 Å². The molecule has 0 aliphatic carbocycles. The average molecular weight is 313 g/mol. The summed E-state index contributed by atoms with van der Waals surface area (Å²) in [6, 6.07) is 4.96. The Morgan fingerprint density at radius 3 is 2.29 bits per heavy atom. The third-order valence-corrected chi connectivity index (χ3v) is 6.03. The maximum absolute atomic E-state index is 12.8. The molecule has 0 radical (unpaired) electrons. The average Bonchev–Trinajstić information content (AvgIpc) is 2.48. The van der Waals surface area contributed by atoms with Crippen LogP contribution in [0.4, 0.5) is 0 Å². The van der Waals surface area contributed by atoms with E-state index in [4.69, 9.17) is 0 Å². The summed E-state index contributed by atoms with van der Waals surface area (Å²) in [5.74, 6) is 0.377. The largest absolute Gasteiger partial charge is 0.392 e. The molecule has 0 atom stereocenters. The number of nitrogens with zero attached hydrogens (tertiary/aromatic N) is 1. The lowest BCUT2D eigenvalue weighted by molar-refractivity contribution is 0.280. The molecule has 0 aliphatic rings. The highest BCUT2D eigenvalue weighted by Gasteiger charge is 2.25. The second-order valence-corrected chi connectivity index (χ2v) is 7.32. The number of aliphatic hydroxyl groups excluding tert-OH is 1. The molecule has 0 bridgehead atoms.